The summed E-state index contributed by atoms with van der Waals surface area (Å²) < 4.78 is 33.1. The molecule has 0 rings (SSSR count). The highest BCUT2D eigenvalue weighted by Crippen LogP contribution is 2.43. The van der Waals surface area contributed by atoms with Crippen molar-refractivity contribution in [3.8, 4) is 0 Å². The van der Waals surface area contributed by atoms with E-state index in [0.717, 1.165) is 77.0 Å². The van der Waals surface area contributed by atoms with Gasteiger partial charge in [-0.05, 0) is 83.5 Å². The quantitative estimate of drug-likeness (QED) is 0.0264. The normalized spacial score (nSPS) is 13.5. The molecule has 448 valence electrons. The van der Waals surface area contributed by atoms with E-state index in [1.807, 2.05) is 0 Å². The summed E-state index contributed by atoms with van der Waals surface area (Å²) in [5.41, 5.74) is 5.39. The number of carbonyl (C=O) groups excluding carboxylic acids is 2. The van der Waals surface area contributed by atoms with E-state index < -0.39 is 26.5 Å². The molecule has 0 aromatic carbocycles. The Morgan fingerprint density at radius 2 is 0.714 bits per heavy atom. The summed E-state index contributed by atoms with van der Waals surface area (Å²) in [6.07, 6.45) is 81.2. The van der Waals surface area contributed by atoms with Crippen LogP contribution in [0.5, 0.6) is 0 Å². The van der Waals surface area contributed by atoms with Crippen molar-refractivity contribution in [2.45, 2.75) is 315 Å². The monoisotopic (exact) mass is 1100 g/mol. The van der Waals surface area contributed by atoms with Gasteiger partial charge in [-0.1, -0.05) is 286 Å². The Labute approximate surface area is 475 Å². The predicted molar refractivity (Wildman–Crippen MR) is 330 cm³/mol. The van der Waals surface area contributed by atoms with Crippen LogP contribution in [0, 0.1) is 0 Å². The van der Waals surface area contributed by atoms with Crippen LogP contribution >= 0.6 is 7.82 Å². The van der Waals surface area contributed by atoms with Gasteiger partial charge in [-0.2, -0.15) is 0 Å². The van der Waals surface area contributed by atoms with Gasteiger partial charge in [0.25, 0.3) is 0 Å². The fraction of sp³-hybridized carbons (Fsp3) is 0.791. The highest BCUT2D eigenvalue weighted by molar-refractivity contribution is 7.47. The maximum atomic E-state index is 12.7. The second kappa shape index (κ2) is 62.6. The lowest BCUT2D eigenvalue weighted by Gasteiger charge is -2.19. The number of nitrogens with two attached hydrogens (primary N) is 1. The summed E-state index contributed by atoms with van der Waals surface area (Å²) in [7, 11) is -4.39. The molecule has 0 saturated heterocycles. The highest BCUT2D eigenvalue weighted by atomic mass is 31.2. The summed E-state index contributed by atoms with van der Waals surface area (Å²) >= 11 is 0. The van der Waals surface area contributed by atoms with Gasteiger partial charge in [0.15, 0.2) is 6.10 Å². The maximum absolute atomic E-state index is 12.7. The van der Waals surface area contributed by atoms with E-state index in [2.05, 4.69) is 86.8 Å². The molecule has 0 radical (unpaired) electrons. The Balaban J connectivity index is 3.90. The first-order valence-corrected chi connectivity index (χ1v) is 33.9. The van der Waals surface area contributed by atoms with Crippen LogP contribution < -0.4 is 5.73 Å². The number of ether oxygens (including phenoxy) is 2. The second-order valence-electron chi connectivity index (χ2n) is 21.6. The lowest BCUT2D eigenvalue weighted by Crippen LogP contribution is -2.29. The van der Waals surface area contributed by atoms with Crippen molar-refractivity contribution in [3.05, 3.63) is 72.9 Å². The molecule has 0 saturated carbocycles. The molecule has 10 heteroatoms. The van der Waals surface area contributed by atoms with Crippen LogP contribution in [0.25, 0.3) is 0 Å². The van der Waals surface area contributed by atoms with Crippen LogP contribution in [0.3, 0.4) is 0 Å². The third-order valence-corrected chi connectivity index (χ3v) is 15.1. The fourth-order valence-electron chi connectivity index (χ4n) is 9.31. The van der Waals surface area contributed by atoms with Gasteiger partial charge in [0.2, 0.25) is 0 Å². The van der Waals surface area contributed by atoms with Crippen molar-refractivity contribution in [1.29, 1.82) is 0 Å². The molecule has 9 nitrogen and oxygen atoms in total. The molecule has 0 aliphatic carbocycles. The van der Waals surface area contributed by atoms with Crippen LogP contribution in [-0.4, -0.2) is 49.3 Å². The Kier molecular flexibility index (Phi) is 60.6. The lowest BCUT2D eigenvalue weighted by atomic mass is 10.0. The van der Waals surface area contributed by atoms with E-state index in [1.165, 1.54) is 199 Å². The van der Waals surface area contributed by atoms with Gasteiger partial charge in [-0.15, -0.1) is 0 Å². The van der Waals surface area contributed by atoms with E-state index in [9.17, 15) is 19.0 Å². The number of allylic oxidation sites excluding steroid dienone is 12. The van der Waals surface area contributed by atoms with E-state index in [-0.39, 0.29) is 38.6 Å². The van der Waals surface area contributed by atoms with Gasteiger partial charge in [0.1, 0.15) is 6.61 Å². The molecule has 0 aromatic rings. The zero-order chi connectivity index (χ0) is 55.9. The van der Waals surface area contributed by atoms with Gasteiger partial charge in [0, 0.05) is 19.4 Å². The minimum atomic E-state index is -4.39. The Bertz CT molecular complexity index is 1490. The maximum Gasteiger partial charge on any atom is 0.472 e. The van der Waals surface area contributed by atoms with E-state index in [0.29, 0.717) is 6.42 Å². The Morgan fingerprint density at radius 3 is 1.08 bits per heavy atom. The molecule has 0 spiro atoms. The van der Waals surface area contributed by atoms with Gasteiger partial charge in [0.05, 0.1) is 13.2 Å². The summed E-state index contributed by atoms with van der Waals surface area (Å²) in [6.45, 7) is 3.66. The summed E-state index contributed by atoms with van der Waals surface area (Å²) in [6, 6.07) is 0. The zero-order valence-electron chi connectivity index (χ0n) is 50.2. The molecule has 0 aromatic heterocycles. The van der Waals surface area contributed by atoms with Gasteiger partial charge in [-0.25, -0.2) is 4.57 Å². The highest BCUT2D eigenvalue weighted by Gasteiger charge is 2.26. The largest absolute Gasteiger partial charge is 0.472 e. The van der Waals surface area contributed by atoms with Crippen LogP contribution in [0.1, 0.15) is 309 Å². The first-order valence-electron chi connectivity index (χ1n) is 32.4. The number of unbranched alkanes of at least 4 members (excludes halogenated alkanes) is 36. The number of hydrogen-bond acceptors (Lipinski definition) is 8. The third-order valence-electron chi connectivity index (χ3n) is 14.1. The van der Waals surface area contributed by atoms with E-state index in [1.54, 1.807) is 0 Å². The van der Waals surface area contributed by atoms with E-state index in [4.69, 9.17) is 24.3 Å². The minimum Gasteiger partial charge on any atom is -0.462 e. The lowest BCUT2D eigenvalue weighted by molar-refractivity contribution is -0.161. The summed E-state index contributed by atoms with van der Waals surface area (Å²) in [5, 5.41) is 0. The van der Waals surface area contributed by atoms with Crippen molar-refractivity contribution in [1.82, 2.24) is 0 Å². The predicted octanol–water partition coefficient (Wildman–Crippen LogP) is 20.9. The molecule has 0 aliphatic rings. The molecule has 77 heavy (non-hydrogen) atoms. The molecule has 2 unspecified atom stereocenters. The molecule has 2 atom stereocenters. The molecule has 3 N–H and O–H groups in total. The fourth-order valence-corrected chi connectivity index (χ4v) is 10.1. The summed E-state index contributed by atoms with van der Waals surface area (Å²) in [5.74, 6) is -0.825. The van der Waals surface area contributed by atoms with Crippen LogP contribution in [0.4, 0.5) is 0 Å². The average molecular weight is 1100 g/mol. The van der Waals surface area contributed by atoms with Crippen molar-refractivity contribution < 1.29 is 37.6 Å². The van der Waals surface area contributed by atoms with Crippen LogP contribution in [0.2, 0.25) is 0 Å². The number of phosphoric acid groups is 1. The number of rotatable bonds is 61. The standard InChI is InChI=1S/C67H122NO8P/c1-3-5-7-9-11-13-15-17-19-21-23-25-27-29-30-31-32-33-34-36-37-39-41-43-45-47-49-51-53-55-57-59-66(69)73-63-65(64-75-77(71,72)74-62-61-68)76-67(70)60-58-56-54-52-50-48-46-44-42-40-38-35-28-26-24-22-20-18-16-14-12-10-8-6-4-2/h6,8,12,14,18,20-21,23-24,26,35,38,65H,3-5,7,9-11,13,15-17,19,22,25,27-34,36-37,39-64,68H2,1-2H3,(H,71,72)/b8-6-,14-12-,20-18-,23-21-,26-24-,38-35-. The number of phosphoric ester groups is 1. The molecule has 0 amide bonds. The SMILES string of the molecule is CC/C=C\C/C=C\C/C=C\C/C=C\C/C=C\CCCCCCCCCCCC(=O)OC(COC(=O)CCCCCCCCCCCCCCCCCCCCC/C=C\CCCCCCCCCC)COP(=O)(O)OCCN. The van der Waals surface area contributed by atoms with Gasteiger partial charge < -0.3 is 20.1 Å². The number of carbonyl (C=O) groups is 2. The molecule has 0 aliphatic heterocycles. The van der Waals surface area contributed by atoms with Crippen LogP contribution in [-0.2, 0) is 32.7 Å². The molecule has 0 bridgehead atoms. The van der Waals surface area contributed by atoms with E-state index >= 15 is 0 Å². The minimum absolute atomic E-state index is 0.0507. The zero-order valence-corrected chi connectivity index (χ0v) is 51.1. The number of esters is 2. The van der Waals surface area contributed by atoms with Crippen molar-refractivity contribution in [3.63, 3.8) is 0 Å². The summed E-state index contributed by atoms with van der Waals surface area (Å²) in [4.78, 5) is 35.3. The molecule has 0 fully saturated rings. The third kappa shape index (κ3) is 62.5. The Morgan fingerprint density at radius 1 is 0.403 bits per heavy atom. The molecule has 0 heterocycles. The average Bonchev–Trinajstić information content (AvgIpc) is 3.42. The van der Waals surface area contributed by atoms with Crippen LogP contribution in [0.15, 0.2) is 72.9 Å². The van der Waals surface area contributed by atoms with Crippen molar-refractivity contribution in [2.75, 3.05) is 26.4 Å². The topological polar surface area (TPSA) is 134 Å². The van der Waals surface area contributed by atoms with Gasteiger partial charge >= 0.3 is 19.8 Å². The molecular weight excluding hydrogens is 978 g/mol. The van der Waals surface area contributed by atoms with Crippen molar-refractivity contribution in [2.24, 2.45) is 5.73 Å². The Hall–Kier alpha value is -2.55. The second-order valence-corrected chi connectivity index (χ2v) is 23.1. The smallest absolute Gasteiger partial charge is 0.462 e. The number of hydrogen-bond donors (Lipinski definition) is 2. The van der Waals surface area contributed by atoms with Gasteiger partial charge in [-0.3, -0.25) is 18.6 Å². The molecular formula is C67H122NO8P. The first kappa shape index (κ1) is 74.5. The first-order chi connectivity index (χ1) is 37.8. The van der Waals surface area contributed by atoms with Crippen molar-refractivity contribution >= 4 is 19.8 Å².